The molecular formula is C12H13BrN2OS. The Morgan fingerprint density at radius 3 is 2.82 bits per heavy atom. The maximum Gasteiger partial charge on any atom is 0.125 e. The van der Waals surface area contributed by atoms with E-state index >= 15 is 0 Å². The van der Waals surface area contributed by atoms with Gasteiger partial charge in [-0.15, -0.1) is 11.3 Å². The molecule has 2 aromatic rings. The Labute approximate surface area is 113 Å². The van der Waals surface area contributed by atoms with E-state index in [1.165, 1.54) is 0 Å². The van der Waals surface area contributed by atoms with Crippen LogP contribution in [0.2, 0.25) is 0 Å². The summed E-state index contributed by atoms with van der Waals surface area (Å²) >= 11 is 5.15. The van der Waals surface area contributed by atoms with Crippen molar-refractivity contribution in [2.45, 2.75) is 13.2 Å². The summed E-state index contributed by atoms with van der Waals surface area (Å²) in [6.07, 6.45) is 0. The summed E-state index contributed by atoms with van der Waals surface area (Å²) in [6.45, 7) is 1.01. The van der Waals surface area contributed by atoms with E-state index in [2.05, 4.69) is 20.9 Å². The fraction of sp³-hybridized carbons (Fsp3) is 0.250. The third kappa shape index (κ3) is 2.74. The van der Waals surface area contributed by atoms with Crippen molar-refractivity contribution in [1.29, 1.82) is 0 Å². The maximum absolute atomic E-state index is 5.71. The van der Waals surface area contributed by atoms with Crippen LogP contribution in [-0.4, -0.2) is 12.1 Å². The average Bonchev–Trinajstić information content (AvgIpc) is 2.73. The fourth-order valence-electron chi connectivity index (χ4n) is 1.54. The van der Waals surface area contributed by atoms with E-state index in [0.717, 1.165) is 25.6 Å². The quantitative estimate of drug-likeness (QED) is 0.943. The molecule has 0 unspecified atom stereocenters. The molecule has 0 bridgehead atoms. The molecule has 0 amide bonds. The van der Waals surface area contributed by atoms with E-state index in [-0.39, 0.29) is 0 Å². The van der Waals surface area contributed by atoms with Gasteiger partial charge in [-0.3, -0.25) is 0 Å². The van der Waals surface area contributed by atoms with Crippen molar-refractivity contribution < 1.29 is 4.74 Å². The van der Waals surface area contributed by atoms with Gasteiger partial charge in [-0.05, 0) is 6.07 Å². The van der Waals surface area contributed by atoms with Crippen LogP contribution in [-0.2, 0) is 17.9 Å². The van der Waals surface area contributed by atoms with Crippen LogP contribution in [0.3, 0.4) is 0 Å². The summed E-state index contributed by atoms with van der Waals surface area (Å²) in [5.74, 6) is 0. The standard InChI is InChI=1S/C12H13BrN2OS/c1-16-7-10-11(6-14)17-12(15-10)8-4-2-3-5-9(8)13/h2-5H,6-7,14H2,1H3. The molecule has 0 radical (unpaired) electrons. The third-order valence-corrected chi connectivity index (χ3v) is 4.19. The van der Waals surface area contributed by atoms with Crippen LogP contribution in [0.4, 0.5) is 0 Å². The Morgan fingerprint density at radius 1 is 1.41 bits per heavy atom. The minimum Gasteiger partial charge on any atom is -0.378 e. The van der Waals surface area contributed by atoms with Crippen molar-refractivity contribution in [2.24, 2.45) is 5.73 Å². The summed E-state index contributed by atoms with van der Waals surface area (Å²) in [7, 11) is 1.66. The highest BCUT2D eigenvalue weighted by molar-refractivity contribution is 9.10. The van der Waals surface area contributed by atoms with Crippen molar-refractivity contribution in [3.63, 3.8) is 0 Å². The molecule has 3 nitrogen and oxygen atoms in total. The van der Waals surface area contributed by atoms with E-state index in [1.807, 2.05) is 24.3 Å². The van der Waals surface area contributed by atoms with E-state index < -0.39 is 0 Å². The predicted molar refractivity (Wildman–Crippen MR) is 73.9 cm³/mol. The van der Waals surface area contributed by atoms with Crippen LogP contribution in [0.5, 0.6) is 0 Å². The summed E-state index contributed by atoms with van der Waals surface area (Å²) in [5.41, 5.74) is 7.74. The lowest BCUT2D eigenvalue weighted by Gasteiger charge is -1.98. The first-order valence-corrected chi connectivity index (χ1v) is 6.79. The third-order valence-electron chi connectivity index (χ3n) is 2.35. The largest absolute Gasteiger partial charge is 0.378 e. The number of hydrogen-bond acceptors (Lipinski definition) is 4. The van der Waals surface area contributed by atoms with E-state index in [1.54, 1.807) is 18.4 Å². The summed E-state index contributed by atoms with van der Waals surface area (Å²) < 4.78 is 6.17. The predicted octanol–water partition coefficient (Wildman–Crippen LogP) is 3.18. The molecule has 5 heteroatoms. The van der Waals surface area contributed by atoms with Gasteiger partial charge >= 0.3 is 0 Å². The number of ether oxygens (including phenoxy) is 1. The minimum absolute atomic E-state index is 0.501. The van der Waals surface area contributed by atoms with Crippen LogP contribution in [0.15, 0.2) is 28.7 Å². The number of thiazole rings is 1. The second-order valence-corrected chi connectivity index (χ2v) is 5.44. The smallest absolute Gasteiger partial charge is 0.125 e. The van der Waals surface area contributed by atoms with E-state index in [9.17, 15) is 0 Å². The molecule has 0 aliphatic rings. The number of halogens is 1. The molecule has 2 N–H and O–H groups in total. The van der Waals surface area contributed by atoms with Gasteiger partial charge in [-0.25, -0.2) is 4.98 Å². The number of nitrogens with two attached hydrogens (primary N) is 1. The lowest BCUT2D eigenvalue weighted by atomic mass is 10.2. The first-order valence-electron chi connectivity index (χ1n) is 5.18. The summed E-state index contributed by atoms with van der Waals surface area (Å²) in [6, 6.07) is 8.04. The van der Waals surface area contributed by atoms with Gasteiger partial charge in [0, 0.05) is 28.6 Å². The number of hydrogen-bond donors (Lipinski definition) is 1. The molecule has 0 saturated carbocycles. The molecule has 17 heavy (non-hydrogen) atoms. The SMILES string of the molecule is COCc1nc(-c2ccccc2Br)sc1CN. The molecule has 0 atom stereocenters. The molecule has 90 valence electrons. The molecule has 2 rings (SSSR count). The van der Waals surface area contributed by atoms with Gasteiger partial charge in [0.25, 0.3) is 0 Å². The van der Waals surface area contributed by atoms with Gasteiger partial charge in [-0.2, -0.15) is 0 Å². The Kier molecular flexibility index (Phi) is 4.28. The molecule has 0 fully saturated rings. The van der Waals surface area contributed by atoms with Gasteiger partial charge < -0.3 is 10.5 Å². The Bertz CT molecular complexity index is 513. The topological polar surface area (TPSA) is 48.1 Å². The molecule has 0 aliphatic heterocycles. The zero-order chi connectivity index (χ0) is 12.3. The van der Waals surface area contributed by atoms with Crippen molar-refractivity contribution in [1.82, 2.24) is 4.98 Å². The summed E-state index contributed by atoms with van der Waals surface area (Å²) in [4.78, 5) is 5.67. The number of aromatic nitrogens is 1. The molecule has 1 aromatic heterocycles. The monoisotopic (exact) mass is 312 g/mol. The second kappa shape index (κ2) is 5.73. The number of nitrogens with zero attached hydrogens (tertiary/aromatic N) is 1. The fourth-order valence-corrected chi connectivity index (χ4v) is 3.13. The Balaban J connectivity index is 2.43. The van der Waals surface area contributed by atoms with Crippen LogP contribution < -0.4 is 5.73 Å². The molecule has 0 aliphatic carbocycles. The lowest BCUT2D eigenvalue weighted by Crippen LogP contribution is -1.99. The summed E-state index contributed by atoms with van der Waals surface area (Å²) in [5, 5.41) is 0.977. The highest BCUT2D eigenvalue weighted by Gasteiger charge is 2.12. The van der Waals surface area contributed by atoms with Crippen LogP contribution >= 0.6 is 27.3 Å². The minimum atomic E-state index is 0.501. The highest BCUT2D eigenvalue weighted by atomic mass is 79.9. The van der Waals surface area contributed by atoms with Gasteiger partial charge in [-0.1, -0.05) is 34.1 Å². The Morgan fingerprint density at radius 2 is 2.18 bits per heavy atom. The van der Waals surface area contributed by atoms with Crippen molar-refractivity contribution in [2.75, 3.05) is 7.11 Å². The molecule has 1 aromatic carbocycles. The van der Waals surface area contributed by atoms with Gasteiger partial charge in [0.1, 0.15) is 5.01 Å². The Hall–Kier alpha value is -0.750. The molecule has 1 heterocycles. The van der Waals surface area contributed by atoms with Crippen LogP contribution in [0.25, 0.3) is 10.6 Å². The zero-order valence-corrected chi connectivity index (χ0v) is 11.8. The average molecular weight is 313 g/mol. The number of benzene rings is 1. The molecular weight excluding hydrogens is 300 g/mol. The second-order valence-electron chi connectivity index (χ2n) is 3.51. The molecule has 0 saturated heterocycles. The highest BCUT2D eigenvalue weighted by Crippen LogP contribution is 2.33. The van der Waals surface area contributed by atoms with Crippen molar-refractivity contribution in [3.8, 4) is 10.6 Å². The normalized spacial score (nSPS) is 10.8. The van der Waals surface area contributed by atoms with Crippen molar-refractivity contribution >= 4 is 27.3 Å². The van der Waals surface area contributed by atoms with Gasteiger partial charge in [0.05, 0.1) is 12.3 Å². The maximum atomic E-state index is 5.71. The van der Waals surface area contributed by atoms with Gasteiger partial charge in [0.2, 0.25) is 0 Å². The lowest BCUT2D eigenvalue weighted by molar-refractivity contribution is 0.181. The van der Waals surface area contributed by atoms with Gasteiger partial charge in [0.15, 0.2) is 0 Å². The van der Waals surface area contributed by atoms with Crippen molar-refractivity contribution in [3.05, 3.63) is 39.3 Å². The first-order chi connectivity index (χ1) is 8.26. The number of rotatable bonds is 4. The first kappa shape index (κ1) is 12.7. The van der Waals surface area contributed by atoms with E-state index in [4.69, 9.17) is 10.5 Å². The number of methoxy groups -OCH3 is 1. The van der Waals surface area contributed by atoms with Crippen LogP contribution in [0, 0.1) is 0 Å². The zero-order valence-electron chi connectivity index (χ0n) is 9.44. The van der Waals surface area contributed by atoms with Crippen LogP contribution in [0.1, 0.15) is 10.6 Å². The molecule has 0 spiro atoms. The van der Waals surface area contributed by atoms with E-state index in [0.29, 0.717) is 13.2 Å².